The molecule has 12 heavy (non-hydrogen) atoms. The molecule has 0 bridgehead atoms. The summed E-state index contributed by atoms with van der Waals surface area (Å²) in [5, 5.41) is 0. The molecule has 1 aromatic rings. The van der Waals surface area contributed by atoms with E-state index in [1.807, 2.05) is 0 Å². The van der Waals surface area contributed by atoms with E-state index in [4.69, 9.17) is 5.90 Å². The van der Waals surface area contributed by atoms with Crippen molar-refractivity contribution in [2.45, 2.75) is 27.4 Å². The minimum absolute atomic E-state index is 0.377. The zero-order chi connectivity index (χ0) is 9.14. The summed E-state index contributed by atoms with van der Waals surface area (Å²) >= 11 is 0. The van der Waals surface area contributed by atoms with Crippen LogP contribution in [-0.2, 0) is 11.4 Å². The Kier molecular flexibility index (Phi) is 2.84. The number of benzene rings is 1. The van der Waals surface area contributed by atoms with Gasteiger partial charge in [-0.15, -0.1) is 5.90 Å². The van der Waals surface area contributed by atoms with Gasteiger partial charge in [0.05, 0.1) is 6.61 Å². The second-order valence-corrected chi connectivity index (χ2v) is 3.14. The highest BCUT2D eigenvalue weighted by Crippen LogP contribution is 2.15. The van der Waals surface area contributed by atoms with Crippen molar-refractivity contribution in [3.63, 3.8) is 0 Å². The molecule has 1 N–H and O–H groups in total. The van der Waals surface area contributed by atoms with Gasteiger partial charge in [-0.3, -0.25) is 4.84 Å². The predicted molar refractivity (Wildman–Crippen MR) is 48.5 cm³/mol. The van der Waals surface area contributed by atoms with Crippen molar-refractivity contribution in [2.24, 2.45) is 0 Å². The molecule has 0 heterocycles. The third-order valence-corrected chi connectivity index (χ3v) is 2.23. The third kappa shape index (κ3) is 1.84. The van der Waals surface area contributed by atoms with Crippen molar-refractivity contribution in [1.82, 2.24) is 5.90 Å². The van der Waals surface area contributed by atoms with Gasteiger partial charge in [-0.25, -0.2) is 0 Å². The standard InChI is InChI=1S/C10H14NO/c1-7-4-10(6-12-11)5-8(2)9(7)3/h4-5,11H,6H2,1-3H3. The van der Waals surface area contributed by atoms with Crippen molar-refractivity contribution >= 4 is 0 Å². The van der Waals surface area contributed by atoms with Gasteiger partial charge in [0.1, 0.15) is 0 Å². The van der Waals surface area contributed by atoms with Gasteiger partial charge >= 0.3 is 0 Å². The molecule has 0 spiro atoms. The first-order valence-electron chi connectivity index (χ1n) is 4.00. The topological polar surface area (TPSA) is 33.0 Å². The SMILES string of the molecule is Cc1cc(CO[NH])cc(C)c1C. The highest BCUT2D eigenvalue weighted by Gasteiger charge is 2.00. The second-order valence-electron chi connectivity index (χ2n) is 3.14. The largest absolute Gasteiger partial charge is 0.280 e. The van der Waals surface area contributed by atoms with E-state index in [0.717, 1.165) is 5.56 Å². The molecule has 0 aromatic heterocycles. The molecule has 2 heteroatoms. The van der Waals surface area contributed by atoms with Crippen molar-refractivity contribution < 1.29 is 4.84 Å². The van der Waals surface area contributed by atoms with Crippen LogP contribution in [0.5, 0.6) is 0 Å². The summed E-state index contributed by atoms with van der Waals surface area (Å²) in [6, 6.07) is 4.13. The molecule has 0 saturated carbocycles. The van der Waals surface area contributed by atoms with Crippen LogP contribution in [0.1, 0.15) is 22.3 Å². The van der Waals surface area contributed by atoms with Crippen LogP contribution in [0.25, 0.3) is 0 Å². The smallest absolute Gasteiger partial charge is 0.0950 e. The van der Waals surface area contributed by atoms with Gasteiger partial charge in [0.2, 0.25) is 0 Å². The summed E-state index contributed by atoms with van der Waals surface area (Å²) in [5.41, 5.74) is 4.93. The minimum atomic E-state index is 0.377. The van der Waals surface area contributed by atoms with Gasteiger partial charge < -0.3 is 0 Å². The van der Waals surface area contributed by atoms with Gasteiger partial charge in [0.25, 0.3) is 0 Å². The normalized spacial score (nSPS) is 10.3. The van der Waals surface area contributed by atoms with Gasteiger partial charge in [-0.2, -0.15) is 0 Å². The van der Waals surface area contributed by atoms with E-state index in [9.17, 15) is 0 Å². The molecule has 0 amide bonds. The number of hydrogen-bond acceptors (Lipinski definition) is 1. The summed E-state index contributed by atoms with van der Waals surface area (Å²) in [6.45, 7) is 6.64. The number of hydrogen-bond donors (Lipinski definition) is 0. The van der Waals surface area contributed by atoms with Crippen molar-refractivity contribution in [2.75, 3.05) is 0 Å². The van der Waals surface area contributed by atoms with E-state index in [-0.39, 0.29) is 0 Å². The Hall–Kier alpha value is -0.860. The van der Waals surface area contributed by atoms with Crippen LogP contribution in [-0.4, -0.2) is 0 Å². The van der Waals surface area contributed by atoms with Crippen LogP contribution in [0.2, 0.25) is 0 Å². The summed E-state index contributed by atoms with van der Waals surface area (Å²) in [6.07, 6.45) is 0. The Morgan fingerprint density at radius 2 is 1.67 bits per heavy atom. The molecular formula is C10H14NO. The first-order valence-corrected chi connectivity index (χ1v) is 4.00. The van der Waals surface area contributed by atoms with Crippen LogP contribution in [0.15, 0.2) is 12.1 Å². The number of rotatable bonds is 2. The second kappa shape index (κ2) is 3.70. The lowest BCUT2D eigenvalue weighted by Crippen LogP contribution is -1.94. The van der Waals surface area contributed by atoms with E-state index in [2.05, 4.69) is 37.7 Å². The fourth-order valence-corrected chi connectivity index (χ4v) is 1.29. The summed E-state index contributed by atoms with van der Waals surface area (Å²) in [7, 11) is 0. The molecule has 0 aliphatic rings. The highest BCUT2D eigenvalue weighted by molar-refractivity contribution is 5.36. The number of nitrogens with one attached hydrogen (secondary N) is 1. The zero-order valence-corrected chi connectivity index (χ0v) is 7.77. The lowest BCUT2D eigenvalue weighted by Gasteiger charge is -2.07. The lowest BCUT2D eigenvalue weighted by molar-refractivity contribution is 0.104. The third-order valence-electron chi connectivity index (χ3n) is 2.23. The molecule has 0 fully saturated rings. The molecule has 2 nitrogen and oxygen atoms in total. The van der Waals surface area contributed by atoms with Crippen LogP contribution in [0.4, 0.5) is 0 Å². The van der Waals surface area contributed by atoms with E-state index >= 15 is 0 Å². The van der Waals surface area contributed by atoms with Gasteiger partial charge in [0, 0.05) is 0 Å². The maximum absolute atomic E-state index is 6.63. The Bertz CT molecular complexity index is 258. The molecular weight excluding hydrogens is 150 g/mol. The Morgan fingerprint density at radius 1 is 1.17 bits per heavy atom. The molecule has 1 rings (SSSR count). The molecule has 65 valence electrons. The lowest BCUT2D eigenvalue weighted by atomic mass is 10.0. The summed E-state index contributed by atoms with van der Waals surface area (Å²) < 4.78 is 0. The maximum atomic E-state index is 6.63. The molecule has 1 radical (unpaired) electrons. The van der Waals surface area contributed by atoms with Crippen LogP contribution in [0.3, 0.4) is 0 Å². The Balaban J connectivity index is 3.04. The summed E-state index contributed by atoms with van der Waals surface area (Å²) in [5.74, 6) is 6.63. The fraction of sp³-hybridized carbons (Fsp3) is 0.400. The molecule has 0 atom stereocenters. The quantitative estimate of drug-likeness (QED) is 0.617. The van der Waals surface area contributed by atoms with Crippen molar-refractivity contribution in [3.05, 3.63) is 34.4 Å². The molecule has 0 aliphatic heterocycles. The van der Waals surface area contributed by atoms with Crippen LogP contribution < -0.4 is 5.90 Å². The monoisotopic (exact) mass is 164 g/mol. The van der Waals surface area contributed by atoms with Gasteiger partial charge in [0.15, 0.2) is 0 Å². The molecule has 1 aromatic carbocycles. The Morgan fingerprint density at radius 3 is 2.08 bits per heavy atom. The maximum Gasteiger partial charge on any atom is 0.0950 e. The van der Waals surface area contributed by atoms with Gasteiger partial charge in [-0.05, 0) is 43.0 Å². The fourth-order valence-electron chi connectivity index (χ4n) is 1.29. The van der Waals surface area contributed by atoms with E-state index < -0.39 is 0 Å². The average Bonchev–Trinajstić information content (AvgIpc) is 2.01. The number of aryl methyl sites for hydroxylation is 2. The average molecular weight is 164 g/mol. The molecule has 0 unspecified atom stereocenters. The molecule has 0 aliphatic carbocycles. The van der Waals surface area contributed by atoms with Crippen LogP contribution in [0, 0.1) is 20.8 Å². The van der Waals surface area contributed by atoms with Gasteiger partial charge in [-0.1, -0.05) is 12.1 Å². The van der Waals surface area contributed by atoms with E-state index in [0.29, 0.717) is 6.61 Å². The summed E-state index contributed by atoms with van der Waals surface area (Å²) in [4.78, 5) is 4.33. The van der Waals surface area contributed by atoms with E-state index in [1.165, 1.54) is 16.7 Å². The van der Waals surface area contributed by atoms with Crippen molar-refractivity contribution in [3.8, 4) is 0 Å². The first-order chi connectivity index (χ1) is 5.65. The minimum Gasteiger partial charge on any atom is -0.280 e. The predicted octanol–water partition coefficient (Wildman–Crippen LogP) is 2.33. The highest BCUT2D eigenvalue weighted by atomic mass is 16.6. The first kappa shape index (κ1) is 9.23. The Labute approximate surface area is 73.3 Å². The van der Waals surface area contributed by atoms with Crippen LogP contribution >= 0.6 is 0 Å². The molecule has 0 saturated heterocycles. The zero-order valence-electron chi connectivity index (χ0n) is 7.77. The van der Waals surface area contributed by atoms with Crippen molar-refractivity contribution in [1.29, 1.82) is 0 Å². The van der Waals surface area contributed by atoms with E-state index in [1.54, 1.807) is 0 Å².